The van der Waals surface area contributed by atoms with E-state index in [-0.39, 0.29) is 17.9 Å². The quantitative estimate of drug-likeness (QED) is 0.623. The van der Waals surface area contributed by atoms with Gasteiger partial charge in [-0.1, -0.05) is 22.0 Å². The van der Waals surface area contributed by atoms with Crippen molar-refractivity contribution in [2.24, 2.45) is 0 Å². The van der Waals surface area contributed by atoms with E-state index in [1.54, 1.807) is 12.1 Å². The Bertz CT molecular complexity index is 527. The maximum atomic E-state index is 11.3. The fourth-order valence-electron chi connectivity index (χ4n) is 1.31. The monoisotopic (exact) mass is 340 g/mol. The van der Waals surface area contributed by atoms with E-state index in [0.29, 0.717) is 10.0 Å². The van der Waals surface area contributed by atoms with E-state index in [2.05, 4.69) is 15.9 Å². The Morgan fingerprint density at radius 2 is 2.12 bits per heavy atom. The fraction of sp³-hybridized carbons (Fsp3) is 0.300. The molecule has 17 heavy (non-hydrogen) atoms. The third-order valence-electron chi connectivity index (χ3n) is 2.00. The number of benzene rings is 1. The highest BCUT2D eigenvalue weighted by Crippen LogP contribution is 2.27. The van der Waals surface area contributed by atoms with Gasteiger partial charge in [0.25, 0.3) is 9.05 Å². The molecular weight excluding hydrogens is 332 g/mol. The molecule has 0 aliphatic heterocycles. The number of halogens is 2. The maximum Gasteiger partial charge on any atom is 0.302 e. The van der Waals surface area contributed by atoms with E-state index < -0.39 is 15.0 Å². The van der Waals surface area contributed by atoms with Crippen LogP contribution in [0.5, 0.6) is 0 Å². The van der Waals surface area contributed by atoms with Crippen LogP contribution in [-0.4, -0.2) is 21.0 Å². The summed E-state index contributed by atoms with van der Waals surface area (Å²) >= 11 is 3.24. The van der Waals surface area contributed by atoms with Gasteiger partial charge in [0.15, 0.2) is 0 Å². The lowest BCUT2D eigenvalue weighted by atomic mass is 10.2. The molecule has 0 saturated carbocycles. The van der Waals surface area contributed by atoms with Gasteiger partial charge in [0, 0.05) is 28.5 Å². The molecule has 1 aromatic rings. The minimum Gasteiger partial charge on any atom is -0.466 e. The highest BCUT2D eigenvalue weighted by Gasteiger charge is 2.17. The number of hydrogen-bond acceptors (Lipinski definition) is 4. The average Bonchev–Trinajstić information content (AvgIpc) is 2.18. The van der Waals surface area contributed by atoms with Crippen LogP contribution >= 0.6 is 26.6 Å². The molecule has 0 aromatic heterocycles. The Labute approximate surface area is 112 Å². The van der Waals surface area contributed by atoms with Gasteiger partial charge in [0.2, 0.25) is 0 Å². The molecule has 0 aliphatic rings. The lowest BCUT2D eigenvalue weighted by Crippen LogP contribution is -2.07. The molecule has 0 atom stereocenters. The number of rotatable bonds is 4. The average molecular weight is 342 g/mol. The summed E-state index contributed by atoms with van der Waals surface area (Å²) in [6.07, 6.45) is 0.280. The zero-order chi connectivity index (χ0) is 13.1. The maximum absolute atomic E-state index is 11.3. The van der Waals surface area contributed by atoms with E-state index in [1.165, 1.54) is 13.0 Å². The second kappa shape index (κ2) is 5.84. The van der Waals surface area contributed by atoms with E-state index in [0.717, 1.165) is 0 Å². The van der Waals surface area contributed by atoms with Crippen LogP contribution in [0.25, 0.3) is 0 Å². The first-order chi connectivity index (χ1) is 7.82. The van der Waals surface area contributed by atoms with Gasteiger partial charge in [-0.2, -0.15) is 0 Å². The van der Waals surface area contributed by atoms with E-state index in [4.69, 9.17) is 15.4 Å². The predicted octanol–water partition coefficient (Wildman–Crippen LogP) is 2.48. The van der Waals surface area contributed by atoms with Crippen LogP contribution in [0.15, 0.2) is 27.6 Å². The van der Waals surface area contributed by atoms with E-state index in [1.807, 2.05) is 0 Å². The van der Waals surface area contributed by atoms with E-state index >= 15 is 0 Å². The molecule has 4 nitrogen and oxygen atoms in total. The molecule has 0 fully saturated rings. The lowest BCUT2D eigenvalue weighted by molar-refractivity contribution is -0.140. The third-order valence-corrected chi connectivity index (χ3v) is 4.15. The first-order valence-corrected chi connectivity index (χ1v) is 7.78. The van der Waals surface area contributed by atoms with Crippen molar-refractivity contribution in [1.82, 2.24) is 0 Å². The molecule has 0 heterocycles. The van der Waals surface area contributed by atoms with Crippen LogP contribution in [0.4, 0.5) is 0 Å². The fourth-order valence-corrected chi connectivity index (χ4v) is 3.18. The van der Waals surface area contributed by atoms with Crippen LogP contribution in [0.3, 0.4) is 0 Å². The zero-order valence-corrected chi connectivity index (χ0v) is 12.1. The molecule has 1 aromatic carbocycles. The van der Waals surface area contributed by atoms with Crippen LogP contribution in [-0.2, 0) is 25.0 Å². The van der Waals surface area contributed by atoms with Gasteiger partial charge in [0.05, 0.1) is 11.5 Å². The zero-order valence-electron chi connectivity index (χ0n) is 8.94. The first kappa shape index (κ1) is 14.5. The minimum atomic E-state index is -3.80. The highest BCUT2D eigenvalue weighted by molar-refractivity contribution is 9.10. The summed E-state index contributed by atoms with van der Waals surface area (Å²) in [4.78, 5) is 10.7. The van der Waals surface area contributed by atoms with Gasteiger partial charge >= 0.3 is 5.97 Å². The number of hydrogen-bond donors (Lipinski definition) is 0. The van der Waals surface area contributed by atoms with Crippen molar-refractivity contribution in [2.45, 2.75) is 18.2 Å². The number of carbonyl (C=O) groups excluding carboxylic acids is 1. The van der Waals surface area contributed by atoms with Crippen molar-refractivity contribution < 1.29 is 17.9 Å². The molecule has 0 unspecified atom stereocenters. The topological polar surface area (TPSA) is 60.4 Å². The Morgan fingerprint density at radius 3 is 2.65 bits per heavy atom. The van der Waals surface area contributed by atoms with Crippen molar-refractivity contribution in [3.05, 3.63) is 28.2 Å². The van der Waals surface area contributed by atoms with Gasteiger partial charge in [-0.3, -0.25) is 4.79 Å². The molecule has 7 heteroatoms. The number of carbonyl (C=O) groups is 1. The molecular formula is C10H10BrClO4S. The standard InChI is InChI=1S/C10H10BrClO4S/c1-7(13)16-6-5-8-9(11)3-2-4-10(8)17(12,14)15/h2-4H,5-6H2,1H3. The van der Waals surface area contributed by atoms with Crippen LogP contribution in [0, 0.1) is 0 Å². The molecule has 0 radical (unpaired) electrons. The molecule has 0 saturated heterocycles. The molecule has 0 spiro atoms. The van der Waals surface area contributed by atoms with Gasteiger partial charge in [-0.05, 0) is 17.7 Å². The first-order valence-electron chi connectivity index (χ1n) is 4.68. The summed E-state index contributed by atoms with van der Waals surface area (Å²) in [5.74, 6) is -0.410. The van der Waals surface area contributed by atoms with Gasteiger partial charge in [-0.15, -0.1) is 0 Å². The van der Waals surface area contributed by atoms with Crippen molar-refractivity contribution in [3.8, 4) is 0 Å². The van der Waals surface area contributed by atoms with Crippen molar-refractivity contribution in [1.29, 1.82) is 0 Å². The Morgan fingerprint density at radius 1 is 1.47 bits per heavy atom. The third kappa shape index (κ3) is 4.29. The van der Waals surface area contributed by atoms with Gasteiger partial charge in [-0.25, -0.2) is 8.42 Å². The molecule has 1 rings (SSSR count). The van der Waals surface area contributed by atoms with Crippen molar-refractivity contribution in [2.75, 3.05) is 6.61 Å². The lowest BCUT2D eigenvalue weighted by Gasteiger charge is -2.09. The largest absolute Gasteiger partial charge is 0.466 e. The van der Waals surface area contributed by atoms with Crippen molar-refractivity contribution in [3.63, 3.8) is 0 Å². The summed E-state index contributed by atoms with van der Waals surface area (Å²) in [6.45, 7) is 1.40. The van der Waals surface area contributed by atoms with Crippen molar-refractivity contribution >= 4 is 41.6 Å². The molecule has 94 valence electrons. The predicted molar refractivity (Wildman–Crippen MR) is 67.5 cm³/mol. The summed E-state index contributed by atoms with van der Waals surface area (Å²) in [7, 11) is 1.52. The second-order valence-electron chi connectivity index (χ2n) is 3.24. The van der Waals surface area contributed by atoms with Crippen LogP contribution < -0.4 is 0 Å². The Kier molecular flexibility index (Phi) is 4.97. The Balaban J connectivity index is 3.01. The van der Waals surface area contributed by atoms with Gasteiger partial charge in [0.1, 0.15) is 0 Å². The normalized spacial score (nSPS) is 11.2. The summed E-state index contributed by atoms with van der Waals surface area (Å²) < 4.78 is 28.1. The molecule has 0 amide bonds. The van der Waals surface area contributed by atoms with Crippen LogP contribution in [0.2, 0.25) is 0 Å². The SMILES string of the molecule is CC(=O)OCCc1c(Br)cccc1S(=O)(=O)Cl. The molecule has 0 aliphatic carbocycles. The molecule has 0 N–H and O–H groups in total. The summed E-state index contributed by atoms with van der Waals surface area (Å²) in [5, 5.41) is 0. The number of ether oxygens (including phenoxy) is 1. The minimum absolute atomic E-state index is 0.0284. The summed E-state index contributed by atoms with van der Waals surface area (Å²) in [5.41, 5.74) is 0.503. The smallest absolute Gasteiger partial charge is 0.302 e. The van der Waals surface area contributed by atoms with Gasteiger partial charge < -0.3 is 4.74 Å². The molecule has 0 bridgehead atoms. The number of esters is 1. The second-order valence-corrected chi connectivity index (χ2v) is 6.63. The Hall–Kier alpha value is -0.590. The summed E-state index contributed by atoms with van der Waals surface area (Å²) in [6, 6.07) is 4.69. The highest BCUT2D eigenvalue weighted by atomic mass is 79.9. The van der Waals surface area contributed by atoms with Crippen LogP contribution in [0.1, 0.15) is 12.5 Å². The van der Waals surface area contributed by atoms with E-state index in [9.17, 15) is 13.2 Å².